The summed E-state index contributed by atoms with van der Waals surface area (Å²) < 4.78 is 13.2. The smallest absolute Gasteiger partial charge is 0.123 e. The molecule has 0 fully saturated rings. The maximum absolute atomic E-state index is 10.2. The molecular formula is C20H31N3O3. The zero-order chi connectivity index (χ0) is 19.0. The van der Waals surface area contributed by atoms with E-state index in [1.165, 1.54) is 0 Å². The predicted molar refractivity (Wildman–Crippen MR) is 103 cm³/mol. The highest BCUT2D eigenvalue weighted by atomic mass is 16.5. The lowest BCUT2D eigenvalue weighted by Crippen LogP contribution is -2.32. The van der Waals surface area contributed by atoms with Crippen LogP contribution in [0.2, 0.25) is 0 Å². The Kier molecular flexibility index (Phi) is 7.48. The Balaban J connectivity index is 1.75. The quantitative estimate of drug-likeness (QED) is 0.637. The molecule has 26 heavy (non-hydrogen) atoms. The van der Waals surface area contributed by atoms with Crippen molar-refractivity contribution in [2.75, 3.05) is 26.8 Å². The monoisotopic (exact) mass is 361 g/mol. The summed E-state index contributed by atoms with van der Waals surface area (Å²) in [6.45, 7) is 8.91. The molecule has 0 aliphatic rings. The largest absolute Gasteiger partial charge is 0.497 e. The highest BCUT2D eigenvalue weighted by Crippen LogP contribution is 2.34. The number of aromatic nitrogens is 2. The highest BCUT2D eigenvalue weighted by Gasteiger charge is 2.20. The first-order valence-electron chi connectivity index (χ1n) is 9.06. The van der Waals surface area contributed by atoms with E-state index in [9.17, 15) is 5.11 Å². The molecule has 2 aromatic rings. The SMILES string of the molecule is COc1ccc(OC[C@H](O)CNCCCn2ccnc2)c(C(C)(C)C)c1. The van der Waals surface area contributed by atoms with E-state index in [2.05, 4.69) is 31.1 Å². The molecule has 6 nitrogen and oxygen atoms in total. The summed E-state index contributed by atoms with van der Waals surface area (Å²) in [6.07, 6.45) is 5.96. The molecule has 0 amide bonds. The first kappa shape index (κ1) is 20.3. The number of aliphatic hydroxyl groups excluding tert-OH is 1. The molecule has 0 saturated carbocycles. The second-order valence-corrected chi connectivity index (χ2v) is 7.44. The predicted octanol–water partition coefficient (Wildman–Crippen LogP) is 2.61. The molecule has 1 atom stereocenters. The molecule has 0 unspecified atom stereocenters. The van der Waals surface area contributed by atoms with Crippen LogP contribution in [0.4, 0.5) is 0 Å². The lowest BCUT2D eigenvalue weighted by atomic mass is 9.86. The molecule has 0 radical (unpaired) electrons. The van der Waals surface area contributed by atoms with Crippen molar-refractivity contribution in [2.24, 2.45) is 0 Å². The van der Waals surface area contributed by atoms with Gasteiger partial charge in [0.15, 0.2) is 0 Å². The van der Waals surface area contributed by atoms with Gasteiger partial charge in [-0.25, -0.2) is 4.98 Å². The number of ether oxygens (including phenoxy) is 2. The molecular weight excluding hydrogens is 330 g/mol. The minimum absolute atomic E-state index is 0.0690. The zero-order valence-electron chi connectivity index (χ0n) is 16.2. The topological polar surface area (TPSA) is 68.5 Å². The fourth-order valence-electron chi connectivity index (χ4n) is 2.67. The summed E-state index contributed by atoms with van der Waals surface area (Å²) in [6, 6.07) is 5.78. The van der Waals surface area contributed by atoms with E-state index < -0.39 is 6.10 Å². The molecule has 0 spiro atoms. The zero-order valence-corrected chi connectivity index (χ0v) is 16.2. The molecule has 0 bridgehead atoms. The van der Waals surface area contributed by atoms with Crippen molar-refractivity contribution >= 4 is 0 Å². The third-order valence-corrected chi connectivity index (χ3v) is 4.13. The Morgan fingerprint density at radius 1 is 1.31 bits per heavy atom. The lowest BCUT2D eigenvalue weighted by Gasteiger charge is -2.24. The van der Waals surface area contributed by atoms with Gasteiger partial charge in [-0.2, -0.15) is 0 Å². The molecule has 2 N–H and O–H groups in total. The number of rotatable bonds is 10. The molecule has 1 aromatic carbocycles. The van der Waals surface area contributed by atoms with Crippen LogP contribution < -0.4 is 14.8 Å². The minimum atomic E-state index is -0.557. The van der Waals surface area contributed by atoms with Crippen LogP contribution in [-0.2, 0) is 12.0 Å². The van der Waals surface area contributed by atoms with Crippen molar-refractivity contribution in [1.29, 1.82) is 0 Å². The summed E-state index contributed by atoms with van der Waals surface area (Å²) in [4.78, 5) is 4.02. The number of aliphatic hydroxyl groups is 1. The number of nitrogens with one attached hydrogen (secondary N) is 1. The average Bonchev–Trinajstić information content (AvgIpc) is 3.12. The first-order chi connectivity index (χ1) is 12.4. The van der Waals surface area contributed by atoms with Gasteiger partial charge in [0.1, 0.15) is 24.2 Å². The van der Waals surface area contributed by atoms with E-state index in [4.69, 9.17) is 9.47 Å². The van der Waals surface area contributed by atoms with Gasteiger partial charge < -0.3 is 24.5 Å². The van der Waals surface area contributed by atoms with Crippen molar-refractivity contribution in [2.45, 2.75) is 45.3 Å². The van der Waals surface area contributed by atoms with E-state index in [-0.39, 0.29) is 12.0 Å². The van der Waals surface area contributed by atoms with Gasteiger partial charge in [-0.15, -0.1) is 0 Å². The average molecular weight is 361 g/mol. The van der Waals surface area contributed by atoms with Gasteiger partial charge in [-0.05, 0) is 36.6 Å². The normalized spacial score (nSPS) is 12.8. The minimum Gasteiger partial charge on any atom is -0.497 e. The number of benzene rings is 1. The van der Waals surface area contributed by atoms with Crippen LogP contribution >= 0.6 is 0 Å². The molecule has 0 aliphatic heterocycles. The van der Waals surface area contributed by atoms with Gasteiger partial charge in [-0.1, -0.05) is 20.8 Å². The molecule has 6 heteroatoms. The summed E-state index contributed by atoms with van der Waals surface area (Å²) in [5.74, 6) is 1.60. The molecule has 0 aliphatic carbocycles. The molecule has 2 rings (SSSR count). The van der Waals surface area contributed by atoms with Gasteiger partial charge >= 0.3 is 0 Å². The van der Waals surface area contributed by atoms with E-state index >= 15 is 0 Å². The van der Waals surface area contributed by atoms with E-state index in [0.29, 0.717) is 6.54 Å². The Morgan fingerprint density at radius 3 is 2.77 bits per heavy atom. The molecule has 144 valence electrons. The molecule has 1 aromatic heterocycles. The van der Waals surface area contributed by atoms with Gasteiger partial charge in [0.05, 0.1) is 13.4 Å². The number of aryl methyl sites for hydroxylation is 1. The van der Waals surface area contributed by atoms with Crippen molar-refractivity contribution < 1.29 is 14.6 Å². The number of methoxy groups -OCH3 is 1. The van der Waals surface area contributed by atoms with Gasteiger partial charge in [0.2, 0.25) is 0 Å². The van der Waals surface area contributed by atoms with Crippen LogP contribution in [0.1, 0.15) is 32.8 Å². The third-order valence-electron chi connectivity index (χ3n) is 4.13. The third kappa shape index (κ3) is 6.35. The summed E-state index contributed by atoms with van der Waals surface area (Å²) in [5, 5.41) is 13.4. The maximum Gasteiger partial charge on any atom is 0.123 e. The van der Waals surface area contributed by atoms with Crippen molar-refractivity contribution in [3.8, 4) is 11.5 Å². The Morgan fingerprint density at radius 2 is 2.12 bits per heavy atom. The van der Waals surface area contributed by atoms with E-state index in [1.807, 2.05) is 35.3 Å². The van der Waals surface area contributed by atoms with Crippen molar-refractivity contribution in [3.63, 3.8) is 0 Å². The van der Waals surface area contributed by atoms with Crippen molar-refractivity contribution in [1.82, 2.24) is 14.9 Å². The Labute approximate surface area is 156 Å². The fourth-order valence-corrected chi connectivity index (χ4v) is 2.67. The maximum atomic E-state index is 10.2. The summed E-state index contributed by atoms with van der Waals surface area (Å²) >= 11 is 0. The van der Waals surface area contributed by atoms with Crippen LogP contribution in [0.5, 0.6) is 11.5 Å². The Hall–Kier alpha value is -2.05. The number of nitrogens with zero attached hydrogens (tertiary/aromatic N) is 2. The van der Waals surface area contributed by atoms with Crippen LogP contribution in [-0.4, -0.2) is 47.6 Å². The summed E-state index contributed by atoms with van der Waals surface area (Å²) in [5.41, 5.74) is 0.998. The highest BCUT2D eigenvalue weighted by molar-refractivity contribution is 5.44. The van der Waals surface area contributed by atoms with Crippen LogP contribution in [0.15, 0.2) is 36.9 Å². The molecule has 1 heterocycles. The van der Waals surface area contributed by atoms with Crippen LogP contribution in [0.25, 0.3) is 0 Å². The van der Waals surface area contributed by atoms with E-state index in [0.717, 1.165) is 36.6 Å². The lowest BCUT2D eigenvalue weighted by molar-refractivity contribution is 0.105. The van der Waals surface area contributed by atoms with Crippen LogP contribution in [0, 0.1) is 0 Å². The second-order valence-electron chi connectivity index (χ2n) is 7.44. The number of hydrogen-bond acceptors (Lipinski definition) is 5. The standard InChI is InChI=1S/C20H31N3O3/c1-20(2,3)18-12-17(25-4)6-7-19(18)26-14-16(24)13-21-8-5-10-23-11-9-22-15-23/h6-7,9,11-12,15-16,21,24H,5,8,10,13-14H2,1-4H3/t16-/m1/s1. The number of imidazole rings is 1. The van der Waals surface area contributed by atoms with Gasteiger partial charge in [-0.3, -0.25) is 0 Å². The van der Waals surface area contributed by atoms with Crippen LogP contribution in [0.3, 0.4) is 0 Å². The second kappa shape index (κ2) is 9.59. The van der Waals surface area contributed by atoms with Gasteiger partial charge in [0.25, 0.3) is 0 Å². The summed E-state index contributed by atoms with van der Waals surface area (Å²) in [7, 11) is 1.66. The van der Waals surface area contributed by atoms with E-state index in [1.54, 1.807) is 13.3 Å². The number of hydrogen-bond donors (Lipinski definition) is 2. The first-order valence-corrected chi connectivity index (χ1v) is 9.06. The van der Waals surface area contributed by atoms with Crippen molar-refractivity contribution in [3.05, 3.63) is 42.5 Å². The fraction of sp³-hybridized carbons (Fsp3) is 0.550. The Bertz CT molecular complexity index is 651. The van der Waals surface area contributed by atoms with Gasteiger partial charge in [0, 0.05) is 31.0 Å². The molecule has 0 saturated heterocycles.